The molecule has 5 atom stereocenters. The van der Waals surface area contributed by atoms with Crippen LogP contribution in [0.15, 0.2) is 42.5 Å². The lowest BCUT2D eigenvalue weighted by molar-refractivity contribution is -0.203. The van der Waals surface area contributed by atoms with Crippen LogP contribution in [0.2, 0.25) is 0 Å². The molecule has 3 aliphatic rings. The topological polar surface area (TPSA) is 109 Å². The molecular formula is C33H41N5O5. The average molecular weight is 588 g/mol. The van der Waals surface area contributed by atoms with Crippen molar-refractivity contribution >= 4 is 11.7 Å². The molecular weight excluding hydrogens is 546 g/mol. The number of hydrogen-bond donors (Lipinski definition) is 0. The summed E-state index contributed by atoms with van der Waals surface area (Å²) in [4.78, 5) is 28.5. The Morgan fingerprint density at radius 3 is 2.51 bits per heavy atom. The van der Waals surface area contributed by atoms with Crippen molar-refractivity contribution in [3.63, 3.8) is 0 Å². The SMILES string of the molecule is CCC1(C)C(C)CCC2C(C)(C)C(=O)CCC21Oc1cc(Oc2nnnn2-c2ccccc2)cc2c1C(OC)N(C)C2=O. The standard InChI is InChI=1S/C33H41N5O5/c1-8-32(5)20(2)14-15-25-31(3,4)26(39)16-17-33(25,32)43-24-19-22(18-23-27(24)29(41-7)37(6)28(23)40)42-30-34-35-36-38(30)21-12-10-9-11-13-21/h9-13,18-20,25,29H,8,14-17H2,1-7H3. The van der Waals surface area contributed by atoms with Gasteiger partial charge in [-0.25, -0.2) is 0 Å². The van der Waals surface area contributed by atoms with Crippen LogP contribution in [0.5, 0.6) is 17.5 Å². The first-order valence-electron chi connectivity index (χ1n) is 15.2. The number of hydrogen-bond acceptors (Lipinski definition) is 8. The van der Waals surface area contributed by atoms with Gasteiger partial charge in [-0.05, 0) is 60.2 Å². The smallest absolute Gasteiger partial charge is 0.345 e. The number of rotatable bonds is 7. The van der Waals surface area contributed by atoms with E-state index >= 15 is 0 Å². The van der Waals surface area contributed by atoms with Crippen molar-refractivity contribution < 1.29 is 23.8 Å². The third-order valence-electron chi connectivity index (χ3n) is 11.0. The van der Waals surface area contributed by atoms with Crippen LogP contribution in [0, 0.1) is 22.7 Å². The number of methoxy groups -OCH3 is 1. The quantitative estimate of drug-likeness (QED) is 0.324. The highest BCUT2D eigenvalue weighted by Gasteiger charge is 2.66. The molecule has 0 bridgehead atoms. The van der Waals surface area contributed by atoms with Gasteiger partial charge in [0.1, 0.15) is 22.9 Å². The summed E-state index contributed by atoms with van der Waals surface area (Å²) in [6.07, 6.45) is 3.26. The summed E-state index contributed by atoms with van der Waals surface area (Å²) in [5.41, 5.74) is 0.452. The molecule has 2 aromatic carbocycles. The molecule has 43 heavy (non-hydrogen) atoms. The van der Waals surface area contributed by atoms with E-state index in [0.29, 0.717) is 41.4 Å². The van der Waals surface area contributed by atoms with Gasteiger partial charge in [-0.3, -0.25) is 9.59 Å². The Labute approximate surface area is 252 Å². The Bertz CT molecular complexity index is 1550. The van der Waals surface area contributed by atoms with Gasteiger partial charge in [-0.15, -0.1) is 0 Å². The lowest BCUT2D eigenvalue weighted by Crippen LogP contribution is -2.67. The van der Waals surface area contributed by atoms with Crippen LogP contribution in [0.1, 0.15) is 88.9 Å². The van der Waals surface area contributed by atoms with E-state index in [4.69, 9.17) is 14.2 Å². The van der Waals surface area contributed by atoms with Gasteiger partial charge in [0.15, 0.2) is 6.23 Å². The minimum absolute atomic E-state index is 0.00355. The van der Waals surface area contributed by atoms with Crippen LogP contribution >= 0.6 is 0 Å². The largest absolute Gasteiger partial charge is 0.486 e. The Morgan fingerprint density at radius 2 is 1.81 bits per heavy atom. The van der Waals surface area contributed by atoms with E-state index in [-0.39, 0.29) is 29.0 Å². The van der Waals surface area contributed by atoms with Gasteiger partial charge >= 0.3 is 6.01 Å². The van der Waals surface area contributed by atoms with Crippen LogP contribution in [-0.4, -0.2) is 56.6 Å². The van der Waals surface area contributed by atoms with E-state index in [1.54, 1.807) is 25.1 Å². The molecule has 10 nitrogen and oxygen atoms in total. The number of amides is 1. The van der Waals surface area contributed by atoms with Gasteiger partial charge in [0.2, 0.25) is 0 Å². The lowest BCUT2D eigenvalue weighted by atomic mass is 9.45. The number of benzene rings is 2. The molecule has 3 aromatic rings. The summed E-state index contributed by atoms with van der Waals surface area (Å²) in [6, 6.07) is 13.1. The van der Waals surface area contributed by atoms with Crippen molar-refractivity contribution in [3.8, 4) is 23.2 Å². The van der Waals surface area contributed by atoms with E-state index < -0.39 is 17.2 Å². The number of para-hydroxylation sites is 1. The second-order valence-corrected chi connectivity index (χ2v) is 13.1. The molecule has 2 heterocycles. The zero-order chi connectivity index (χ0) is 30.7. The Kier molecular flexibility index (Phi) is 7.11. The molecule has 0 N–H and O–H groups in total. The third kappa shape index (κ3) is 4.28. The monoisotopic (exact) mass is 587 g/mol. The summed E-state index contributed by atoms with van der Waals surface area (Å²) in [5.74, 6) is 1.37. The van der Waals surface area contributed by atoms with Gasteiger partial charge in [-0.2, -0.15) is 4.68 Å². The molecule has 1 amide bonds. The Balaban J connectivity index is 1.51. The number of carbonyl (C=O) groups excluding carboxylic acids is 2. The molecule has 0 spiro atoms. The van der Waals surface area contributed by atoms with Crippen molar-refractivity contribution in [1.82, 2.24) is 25.1 Å². The highest BCUT2D eigenvalue weighted by molar-refractivity contribution is 6.00. The third-order valence-corrected chi connectivity index (χ3v) is 11.0. The molecule has 6 rings (SSSR count). The fourth-order valence-electron chi connectivity index (χ4n) is 8.11. The second-order valence-electron chi connectivity index (χ2n) is 13.1. The van der Waals surface area contributed by atoms with E-state index in [9.17, 15) is 9.59 Å². The Hall–Kier alpha value is -3.79. The summed E-state index contributed by atoms with van der Waals surface area (Å²) in [5, 5.41) is 12.1. The highest BCUT2D eigenvalue weighted by atomic mass is 16.5. The molecule has 2 saturated carbocycles. The predicted molar refractivity (Wildman–Crippen MR) is 159 cm³/mol. The number of ether oxygens (including phenoxy) is 3. The summed E-state index contributed by atoms with van der Waals surface area (Å²) < 4.78 is 21.0. The number of fused-ring (bicyclic) bond motifs is 2. The lowest BCUT2D eigenvalue weighted by Gasteiger charge is -2.63. The molecule has 10 heteroatoms. The maximum Gasteiger partial charge on any atom is 0.345 e. The Morgan fingerprint density at radius 1 is 1.07 bits per heavy atom. The fourth-order valence-corrected chi connectivity index (χ4v) is 8.11. The molecule has 228 valence electrons. The highest BCUT2D eigenvalue weighted by Crippen LogP contribution is 2.63. The van der Waals surface area contributed by atoms with Crippen molar-refractivity contribution in [2.75, 3.05) is 14.2 Å². The number of aromatic nitrogens is 4. The first-order valence-corrected chi connectivity index (χ1v) is 15.2. The van der Waals surface area contributed by atoms with Crippen LogP contribution in [0.3, 0.4) is 0 Å². The molecule has 2 aliphatic carbocycles. The van der Waals surface area contributed by atoms with Crippen molar-refractivity contribution in [2.24, 2.45) is 22.7 Å². The van der Waals surface area contributed by atoms with E-state index in [0.717, 1.165) is 24.9 Å². The minimum atomic E-state index is -0.642. The zero-order valence-electron chi connectivity index (χ0n) is 26.1. The second kappa shape index (κ2) is 10.4. The maximum atomic E-state index is 13.6. The van der Waals surface area contributed by atoms with Crippen LogP contribution in [-0.2, 0) is 9.53 Å². The number of nitrogens with zero attached hydrogens (tertiary/aromatic N) is 5. The van der Waals surface area contributed by atoms with Crippen molar-refractivity contribution in [3.05, 3.63) is 53.6 Å². The zero-order valence-corrected chi connectivity index (χ0v) is 26.1. The van der Waals surface area contributed by atoms with E-state index in [1.807, 2.05) is 36.4 Å². The number of carbonyl (C=O) groups is 2. The van der Waals surface area contributed by atoms with Gasteiger partial charge in [0.05, 0.1) is 16.8 Å². The maximum absolute atomic E-state index is 13.6. The molecule has 2 fully saturated rings. The summed E-state index contributed by atoms with van der Waals surface area (Å²) in [7, 11) is 3.31. The average Bonchev–Trinajstić information content (AvgIpc) is 3.55. The first kappa shape index (κ1) is 29.3. The van der Waals surface area contributed by atoms with E-state index in [1.165, 1.54) is 4.68 Å². The molecule has 1 aromatic heterocycles. The van der Waals surface area contributed by atoms with Crippen molar-refractivity contribution in [2.45, 2.75) is 78.6 Å². The van der Waals surface area contributed by atoms with Gasteiger partial charge in [0, 0.05) is 43.4 Å². The predicted octanol–water partition coefficient (Wildman–Crippen LogP) is 6.15. The first-order chi connectivity index (χ1) is 20.5. The summed E-state index contributed by atoms with van der Waals surface area (Å²) >= 11 is 0. The van der Waals surface area contributed by atoms with Crippen LogP contribution in [0.25, 0.3) is 5.69 Å². The molecule has 0 radical (unpaired) electrons. The number of tetrazole rings is 1. The van der Waals surface area contributed by atoms with Crippen LogP contribution in [0.4, 0.5) is 0 Å². The van der Waals surface area contributed by atoms with Gasteiger partial charge in [-0.1, -0.05) is 57.9 Å². The van der Waals surface area contributed by atoms with Gasteiger partial charge < -0.3 is 19.1 Å². The molecule has 1 aliphatic heterocycles. The molecule has 5 unspecified atom stereocenters. The minimum Gasteiger partial charge on any atom is -0.486 e. The normalized spacial score (nSPS) is 29.7. The fraction of sp³-hybridized carbons (Fsp3) is 0.545. The van der Waals surface area contributed by atoms with Gasteiger partial charge in [0.25, 0.3) is 5.91 Å². The number of ketones is 1. The van der Waals surface area contributed by atoms with E-state index in [2.05, 4.69) is 50.1 Å². The van der Waals surface area contributed by atoms with Crippen molar-refractivity contribution in [1.29, 1.82) is 0 Å². The number of Topliss-reactive ketones (excluding diaryl/α,β-unsaturated/α-hetero) is 1. The summed E-state index contributed by atoms with van der Waals surface area (Å²) in [6.45, 7) is 11.0. The van der Waals surface area contributed by atoms with Crippen LogP contribution < -0.4 is 9.47 Å². The molecule has 0 saturated heterocycles.